The Bertz CT molecular complexity index is 227. The van der Waals surface area contributed by atoms with E-state index in [1.165, 1.54) is 5.56 Å². The van der Waals surface area contributed by atoms with E-state index in [-0.39, 0.29) is 0 Å². The van der Waals surface area contributed by atoms with Gasteiger partial charge in [-0.15, -0.1) is 0 Å². The largest absolute Gasteiger partial charge is 0.319 e. The van der Waals surface area contributed by atoms with Crippen LogP contribution in [0.1, 0.15) is 5.56 Å². The van der Waals surface area contributed by atoms with Crippen molar-refractivity contribution < 1.29 is 0 Å². The Labute approximate surface area is 66.7 Å². The molecule has 0 amide bonds. The molecule has 11 heavy (non-hydrogen) atoms. The molecular formula is C8H13N3. The Morgan fingerprint density at radius 3 is 3.18 bits per heavy atom. The normalized spacial score (nSPS) is 9.91. The molecule has 1 rings (SSSR count). The zero-order valence-corrected chi connectivity index (χ0v) is 6.75. The Balaban J connectivity index is 2.51. The van der Waals surface area contributed by atoms with E-state index in [2.05, 4.69) is 17.0 Å². The summed E-state index contributed by atoms with van der Waals surface area (Å²) in [6.07, 6.45) is 6.54. The third kappa shape index (κ3) is 2.20. The number of nitrogens with zero attached hydrogens (tertiary/aromatic N) is 2. The predicted molar refractivity (Wildman–Crippen MR) is 46.2 cm³/mol. The Kier molecular flexibility index (Phi) is 2.86. The van der Waals surface area contributed by atoms with Gasteiger partial charge in [-0.3, -0.25) is 0 Å². The van der Waals surface area contributed by atoms with E-state index in [4.69, 9.17) is 0 Å². The highest BCUT2D eigenvalue weighted by Crippen LogP contribution is 1.97. The average Bonchev–Trinajstić information content (AvgIpc) is 2.48. The van der Waals surface area contributed by atoms with Crippen LogP contribution in [-0.4, -0.2) is 23.4 Å². The molecule has 0 aromatic carbocycles. The molecule has 60 valence electrons. The van der Waals surface area contributed by atoms with Crippen LogP contribution in [0.5, 0.6) is 0 Å². The number of rotatable bonds is 4. The fourth-order valence-corrected chi connectivity index (χ4v) is 0.876. The minimum atomic E-state index is 0.989. The van der Waals surface area contributed by atoms with Gasteiger partial charge in [0.15, 0.2) is 0 Å². The summed E-state index contributed by atoms with van der Waals surface area (Å²) in [6.45, 7) is 4.60. The molecule has 1 N–H and O–H groups in total. The highest BCUT2D eigenvalue weighted by Gasteiger charge is 1.93. The van der Waals surface area contributed by atoms with Crippen molar-refractivity contribution in [1.29, 1.82) is 0 Å². The number of hydrogen-bond donors (Lipinski definition) is 1. The first kappa shape index (κ1) is 8.01. The van der Waals surface area contributed by atoms with E-state index in [0.717, 1.165) is 13.0 Å². The van der Waals surface area contributed by atoms with Gasteiger partial charge in [-0.05, 0) is 25.6 Å². The van der Waals surface area contributed by atoms with Crippen LogP contribution in [-0.2, 0) is 6.42 Å². The van der Waals surface area contributed by atoms with Crippen molar-refractivity contribution in [2.24, 2.45) is 0 Å². The standard InChI is InChI=1S/C8H13N3/c1-3-11-7-8(6-10-11)4-5-9-2/h3,6-7,9H,1,4-5H2,2H3. The topological polar surface area (TPSA) is 29.9 Å². The van der Waals surface area contributed by atoms with Crippen LogP contribution in [0.25, 0.3) is 6.20 Å². The van der Waals surface area contributed by atoms with Crippen molar-refractivity contribution >= 4 is 6.20 Å². The maximum atomic E-state index is 4.06. The van der Waals surface area contributed by atoms with E-state index < -0.39 is 0 Å². The number of hydrogen-bond acceptors (Lipinski definition) is 2. The van der Waals surface area contributed by atoms with Crippen molar-refractivity contribution in [3.63, 3.8) is 0 Å². The summed E-state index contributed by atoms with van der Waals surface area (Å²) in [4.78, 5) is 0. The zero-order valence-electron chi connectivity index (χ0n) is 6.75. The smallest absolute Gasteiger partial charge is 0.0526 e. The van der Waals surface area contributed by atoms with Crippen molar-refractivity contribution in [2.45, 2.75) is 6.42 Å². The van der Waals surface area contributed by atoms with Crippen LogP contribution in [0.2, 0.25) is 0 Å². The molecule has 0 bridgehead atoms. The summed E-state index contributed by atoms with van der Waals surface area (Å²) in [5, 5.41) is 7.14. The molecular weight excluding hydrogens is 138 g/mol. The van der Waals surface area contributed by atoms with Gasteiger partial charge in [-0.2, -0.15) is 5.10 Å². The molecule has 0 unspecified atom stereocenters. The average molecular weight is 151 g/mol. The SMILES string of the molecule is C=Cn1cc(CCNC)cn1. The quantitative estimate of drug-likeness (QED) is 0.688. The molecule has 1 aromatic rings. The van der Waals surface area contributed by atoms with Crippen LogP contribution in [0.3, 0.4) is 0 Å². The first-order valence-electron chi connectivity index (χ1n) is 3.67. The Morgan fingerprint density at radius 2 is 2.64 bits per heavy atom. The molecule has 0 aliphatic rings. The fourth-order valence-electron chi connectivity index (χ4n) is 0.876. The second-order valence-electron chi connectivity index (χ2n) is 2.36. The van der Waals surface area contributed by atoms with Gasteiger partial charge >= 0.3 is 0 Å². The number of aromatic nitrogens is 2. The maximum Gasteiger partial charge on any atom is 0.0526 e. The second kappa shape index (κ2) is 3.93. The first-order chi connectivity index (χ1) is 5.36. The molecule has 1 heterocycles. The van der Waals surface area contributed by atoms with Gasteiger partial charge in [0.2, 0.25) is 0 Å². The Morgan fingerprint density at radius 1 is 1.82 bits per heavy atom. The van der Waals surface area contributed by atoms with Crippen LogP contribution in [0.4, 0.5) is 0 Å². The van der Waals surface area contributed by atoms with E-state index in [9.17, 15) is 0 Å². The van der Waals surface area contributed by atoms with Gasteiger partial charge in [-0.1, -0.05) is 6.58 Å². The van der Waals surface area contributed by atoms with Gasteiger partial charge in [-0.25, -0.2) is 4.68 Å². The lowest BCUT2D eigenvalue weighted by Gasteiger charge is -1.93. The molecule has 0 aliphatic heterocycles. The summed E-state index contributed by atoms with van der Waals surface area (Å²) in [5.74, 6) is 0. The first-order valence-corrected chi connectivity index (χ1v) is 3.67. The molecule has 0 aliphatic carbocycles. The van der Waals surface area contributed by atoms with Gasteiger partial charge in [0.25, 0.3) is 0 Å². The maximum absolute atomic E-state index is 4.06. The summed E-state index contributed by atoms with van der Waals surface area (Å²) in [7, 11) is 1.94. The van der Waals surface area contributed by atoms with Crippen LogP contribution < -0.4 is 5.32 Å². The molecule has 3 nitrogen and oxygen atoms in total. The highest BCUT2D eigenvalue weighted by molar-refractivity contribution is 5.17. The molecule has 1 aromatic heterocycles. The van der Waals surface area contributed by atoms with Crippen molar-refractivity contribution in [3.05, 3.63) is 24.5 Å². The lowest BCUT2D eigenvalue weighted by molar-refractivity contribution is 0.791. The monoisotopic (exact) mass is 151 g/mol. The molecule has 0 saturated heterocycles. The molecule has 0 fully saturated rings. The molecule has 0 atom stereocenters. The summed E-state index contributed by atoms with van der Waals surface area (Å²) >= 11 is 0. The molecule has 0 spiro atoms. The zero-order chi connectivity index (χ0) is 8.10. The summed E-state index contributed by atoms with van der Waals surface area (Å²) in [6, 6.07) is 0. The Hall–Kier alpha value is -1.09. The van der Waals surface area contributed by atoms with E-state index in [1.807, 2.05) is 19.4 Å². The van der Waals surface area contributed by atoms with Crippen molar-refractivity contribution in [1.82, 2.24) is 15.1 Å². The van der Waals surface area contributed by atoms with Gasteiger partial charge < -0.3 is 5.32 Å². The number of likely N-dealkylation sites (N-methyl/N-ethyl adjacent to an activating group) is 1. The van der Waals surface area contributed by atoms with Gasteiger partial charge in [0, 0.05) is 12.4 Å². The summed E-state index contributed by atoms with van der Waals surface area (Å²) < 4.78 is 1.71. The molecule has 0 radical (unpaired) electrons. The third-order valence-corrected chi connectivity index (χ3v) is 1.51. The van der Waals surface area contributed by atoms with Gasteiger partial charge in [0.05, 0.1) is 6.20 Å². The molecule has 0 saturated carbocycles. The van der Waals surface area contributed by atoms with Crippen molar-refractivity contribution in [3.8, 4) is 0 Å². The predicted octanol–water partition coefficient (Wildman–Crippen LogP) is 0.745. The van der Waals surface area contributed by atoms with Crippen LogP contribution >= 0.6 is 0 Å². The second-order valence-corrected chi connectivity index (χ2v) is 2.36. The highest BCUT2D eigenvalue weighted by atomic mass is 15.2. The third-order valence-electron chi connectivity index (χ3n) is 1.51. The van der Waals surface area contributed by atoms with E-state index in [1.54, 1.807) is 10.9 Å². The van der Waals surface area contributed by atoms with Crippen molar-refractivity contribution in [2.75, 3.05) is 13.6 Å². The number of nitrogens with one attached hydrogen (secondary N) is 1. The lowest BCUT2D eigenvalue weighted by Crippen LogP contribution is -2.09. The van der Waals surface area contributed by atoms with E-state index in [0.29, 0.717) is 0 Å². The van der Waals surface area contributed by atoms with E-state index >= 15 is 0 Å². The van der Waals surface area contributed by atoms with Crippen LogP contribution in [0, 0.1) is 0 Å². The minimum absolute atomic E-state index is 0.989. The lowest BCUT2D eigenvalue weighted by atomic mass is 10.2. The van der Waals surface area contributed by atoms with Crippen LogP contribution in [0.15, 0.2) is 19.0 Å². The van der Waals surface area contributed by atoms with Gasteiger partial charge in [0.1, 0.15) is 0 Å². The molecule has 3 heteroatoms. The fraction of sp³-hybridized carbons (Fsp3) is 0.375. The summed E-state index contributed by atoms with van der Waals surface area (Å²) in [5.41, 5.74) is 1.24. The minimum Gasteiger partial charge on any atom is -0.319 e.